The van der Waals surface area contributed by atoms with E-state index in [4.69, 9.17) is 10.5 Å². The molecule has 4 heterocycles. The molecule has 2 fully saturated rings. The maximum Gasteiger partial charge on any atom is 0.419 e. The number of benzene rings is 2. The molecular formula is C30H26F8N6OS. The Kier molecular flexibility index (Phi) is 7.71. The molecule has 2 N–H and O–H groups in total. The van der Waals surface area contributed by atoms with E-state index in [0.29, 0.717) is 30.4 Å². The number of nitrogens with two attached hydrogens (primary N) is 1. The minimum atomic E-state index is -5.44. The highest BCUT2D eigenvalue weighted by Crippen LogP contribution is 2.52. The molecule has 0 saturated carbocycles. The fourth-order valence-corrected chi connectivity index (χ4v) is 7.62. The first-order valence-corrected chi connectivity index (χ1v) is 15.1. The van der Waals surface area contributed by atoms with Gasteiger partial charge in [-0.05, 0) is 44.0 Å². The molecule has 0 amide bonds. The molecule has 7 nitrogen and oxygen atoms in total. The Hall–Kier alpha value is -3.97. The number of hydrogen-bond donors (Lipinski definition) is 1. The van der Waals surface area contributed by atoms with Gasteiger partial charge in [0.2, 0.25) is 0 Å². The van der Waals surface area contributed by atoms with Crippen LogP contribution in [0.4, 0.5) is 45.9 Å². The first-order chi connectivity index (χ1) is 21.6. The van der Waals surface area contributed by atoms with Crippen LogP contribution >= 0.6 is 11.3 Å². The third kappa shape index (κ3) is 5.13. The number of hydrogen-bond acceptors (Lipinski definition) is 8. The van der Waals surface area contributed by atoms with Crippen LogP contribution in [-0.2, 0) is 12.4 Å². The fraction of sp³-hybridized carbons (Fsp3) is 0.433. The van der Waals surface area contributed by atoms with Gasteiger partial charge in [0.05, 0.1) is 32.4 Å². The molecular weight excluding hydrogens is 644 g/mol. The third-order valence-electron chi connectivity index (χ3n) is 8.80. The summed E-state index contributed by atoms with van der Waals surface area (Å²) in [5.74, 6) is -1.21. The van der Waals surface area contributed by atoms with Crippen molar-refractivity contribution in [2.75, 3.05) is 43.9 Å². The number of nitrogens with zero attached hydrogens (tertiary/aromatic N) is 5. The molecule has 2 saturated heterocycles. The van der Waals surface area contributed by atoms with Crippen molar-refractivity contribution in [1.82, 2.24) is 14.9 Å². The largest absolute Gasteiger partial charge is 0.461 e. The van der Waals surface area contributed by atoms with E-state index in [1.165, 1.54) is 11.9 Å². The Morgan fingerprint density at radius 1 is 1.20 bits per heavy atom. The van der Waals surface area contributed by atoms with Gasteiger partial charge in [0.15, 0.2) is 0 Å². The van der Waals surface area contributed by atoms with Crippen molar-refractivity contribution < 1.29 is 39.9 Å². The van der Waals surface area contributed by atoms with E-state index in [9.17, 15) is 27.2 Å². The van der Waals surface area contributed by atoms with Gasteiger partial charge in [0.1, 0.15) is 35.5 Å². The number of fused-ring (bicyclic) bond motifs is 3. The van der Waals surface area contributed by atoms with E-state index in [0.717, 1.165) is 18.6 Å². The van der Waals surface area contributed by atoms with Crippen LogP contribution in [0.25, 0.3) is 32.1 Å². The molecule has 2 aliphatic rings. The highest BCUT2D eigenvalue weighted by Gasteiger charge is 2.50. The number of aromatic nitrogens is 2. The molecule has 0 spiro atoms. The Bertz CT molecular complexity index is 1900. The second-order valence-electron chi connectivity index (χ2n) is 11.5. The average molecular weight is 671 g/mol. The number of alkyl halides is 7. The van der Waals surface area contributed by atoms with Crippen molar-refractivity contribution in [3.05, 3.63) is 40.7 Å². The topological polar surface area (TPSA) is 91.3 Å². The first kappa shape index (κ1) is 32.0. The summed E-state index contributed by atoms with van der Waals surface area (Å²) < 4.78 is 125. The van der Waals surface area contributed by atoms with E-state index in [1.807, 2.05) is 4.90 Å². The van der Waals surface area contributed by atoms with Crippen LogP contribution < -0.4 is 15.4 Å². The minimum absolute atomic E-state index is 0.138. The Labute approximate surface area is 261 Å². The zero-order valence-corrected chi connectivity index (χ0v) is 25.2. The molecule has 244 valence electrons. The van der Waals surface area contributed by atoms with Crippen LogP contribution in [0.1, 0.15) is 42.9 Å². The summed E-state index contributed by atoms with van der Waals surface area (Å²) in [4.78, 5) is 11.6. The summed E-state index contributed by atoms with van der Waals surface area (Å²) in [6.45, 7) is 2.46. The maximum atomic E-state index is 15.2. The van der Waals surface area contributed by atoms with E-state index in [1.54, 1.807) is 13.0 Å². The lowest BCUT2D eigenvalue weighted by molar-refractivity contribution is -0.141. The molecule has 0 radical (unpaired) electrons. The van der Waals surface area contributed by atoms with Crippen molar-refractivity contribution in [3.8, 4) is 23.2 Å². The molecule has 0 bridgehead atoms. The molecule has 2 aromatic carbocycles. The number of halogens is 8. The van der Waals surface area contributed by atoms with E-state index < -0.39 is 80.0 Å². The lowest BCUT2D eigenvalue weighted by Crippen LogP contribution is -2.43. The number of thiophene rings is 1. The van der Waals surface area contributed by atoms with E-state index in [2.05, 4.69) is 9.97 Å². The van der Waals surface area contributed by atoms with Crippen LogP contribution in [0.5, 0.6) is 6.01 Å². The summed E-state index contributed by atoms with van der Waals surface area (Å²) in [7, 11) is 1.44. The van der Waals surface area contributed by atoms with Gasteiger partial charge in [-0.2, -0.15) is 41.6 Å². The maximum absolute atomic E-state index is 15.2. The molecule has 2 aliphatic heterocycles. The van der Waals surface area contributed by atoms with Crippen molar-refractivity contribution in [2.45, 2.75) is 50.2 Å². The smallest absolute Gasteiger partial charge is 0.419 e. The quantitative estimate of drug-likeness (QED) is 0.212. The van der Waals surface area contributed by atoms with Crippen LogP contribution in [0.3, 0.4) is 0 Å². The number of ether oxygens (including phenoxy) is 1. The number of nitrogen functional groups attached to an aromatic ring is 1. The normalized spacial score (nSPS) is 20.4. The Morgan fingerprint density at radius 3 is 2.59 bits per heavy atom. The van der Waals surface area contributed by atoms with Gasteiger partial charge in [0.25, 0.3) is 0 Å². The van der Waals surface area contributed by atoms with Gasteiger partial charge >= 0.3 is 18.4 Å². The van der Waals surface area contributed by atoms with E-state index in [-0.39, 0.29) is 41.6 Å². The number of anilines is 2. The molecule has 46 heavy (non-hydrogen) atoms. The second-order valence-corrected chi connectivity index (χ2v) is 12.6. The Balaban J connectivity index is 1.68. The number of nitriles is 1. The molecule has 6 rings (SSSR count). The summed E-state index contributed by atoms with van der Waals surface area (Å²) in [6.07, 6.45) is -10.4. The molecule has 4 aromatic rings. The van der Waals surface area contributed by atoms with E-state index >= 15 is 13.2 Å². The van der Waals surface area contributed by atoms with Gasteiger partial charge in [0, 0.05) is 42.9 Å². The monoisotopic (exact) mass is 670 g/mol. The summed E-state index contributed by atoms with van der Waals surface area (Å²) in [5.41, 5.74) is -1.65. The zero-order valence-electron chi connectivity index (χ0n) is 24.4. The zero-order chi connectivity index (χ0) is 33.3. The van der Waals surface area contributed by atoms with Crippen LogP contribution in [0.15, 0.2) is 18.2 Å². The van der Waals surface area contributed by atoms with Crippen LogP contribution in [0.2, 0.25) is 0 Å². The lowest BCUT2D eigenvalue weighted by Gasteiger charge is -2.31. The van der Waals surface area contributed by atoms with Crippen LogP contribution in [-0.4, -0.2) is 59.9 Å². The van der Waals surface area contributed by atoms with Crippen molar-refractivity contribution in [1.29, 1.82) is 5.26 Å². The molecule has 16 heteroatoms. The highest BCUT2D eigenvalue weighted by atomic mass is 32.1. The molecule has 0 aliphatic carbocycles. The summed E-state index contributed by atoms with van der Waals surface area (Å²) in [5, 5.41) is 8.44. The standard InChI is InChI=1S/C30H26F8N6OS/c1-3-43(2)26-16-9-18(29(33,34)35)21(15-5-6-19(32)24-20(15)17(11-39)25(40)46-24)22(30(36,37)38)23(16)41-27(42-26)45-13-28-7-4-8-44(28)12-14(31)10-28/h5-6,9,14H,3-4,7-8,10,12-13,40H2,1-2H3/t14-,28+/m1/s1. The fourth-order valence-electron chi connectivity index (χ4n) is 6.67. The average Bonchev–Trinajstić information content (AvgIpc) is 3.62. The minimum Gasteiger partial charge on any atom is -0.461 e. The van der Waals surface area contributed by atoms with Gasteiger partial charge in [-0.3, -0.25) is 4.90 Å². The Morgan fingerprint density at radius 2 is 1.93 bits per heavy atom. The van der Waals surface area contributed by atoms with Gasteiger partial charge in [-0.25, -0.2) is 8.78 Å². The van der Waals surface area contributed by atoms with Crippen molar-refractivity contribution >= 4 is 43.1 Å². The second kappa shape index (κ2) is 11.1. The first-order valence-electron chi connectivity index (χ1n) is 14.3. The molecule has 0 unspecified atom stereocenters. The third-order valence-corrected chi connectivity index (χ3v) is 9.83. The highest BCUT2D eigenvalue weighted by molar-refractivity contribution is 7.23. The summed E-state index contributed by atoms with van der Waals surface area (Å²) in [6, 6.07) is 3.20. The molecule has 2 atom stereocenters. The van der Waals surface area contributed by atoms with Gasteiger partial charge in [-0.1, -0.05) is 6.07 Å². The van der Waals surface area contributed by atoms with Gasteiger partial charge < -0.3 is 15.4 Å². The SMILES string of the molecule is CCN(C)c1nc(OC[C@@]23CCCN2C[C@H](F)C3)nc2c(C(F)(F)F)c(-c3ccc(F)c4sc(N)c(C#N)c34)c(C(F)(F)F)cc12. The molecule has 2 aromatic heterocycles. The predicted octanol–water partition coefficient (Wildman–Crippen LogP) is 7.55. The predicted molar refractivity (Wildman–Crippen MR) is 157 cm³/mol. The summed E-state index contributed by atoms with van der Waals surface area (Å²) >= 11 is 0.541. The van der Waals surface area contributed by atoms with Crippen molar-refractivity contribution in [2.24, 2.45) is 0 Å². The van der Waals surface area contributed by atoms with Gasteiger partial charge in [-0.15, -0.1) is 11.3 Å². The van der Waals surface area contributed by atoms with Crippen molar-refractivity contribution in [3.63, 3.8) is 0 Å². The number of rotatable bonds is 6. The van der Waals surface area contributed by atoms with Crippen LogP contribution in [0, 0.1) is 17.1 Å². The lowest BCUT2D eigenvalue weighted by atomic mass is 9.88.